The standard InChI is InChI=1S/C15H18N6O/c1-5-21-9(4)11(8(3)20-21)13-10(6-16)14(17)22-15-12(13)7(2)18-19-15/h13H,5,17H2,1-4H3,(H,18,19)/t13-/m1/s1. The van der Waals surface area contributed by atoms with Crippen LogP contribution in [0.3, 0.4) is 0 Å². The minimum absolute atomic E-state index is 0.106. The van der Waals surface area contributed by atoms with E-state index < -0.39 is 0 Å². The Morgan fingerprint density at radius 2 is 2.09 bits per heavy atom. The molecule has 3 rings (SSSR count). The first kappa shape index (κ1) is 14.2. The fourth-order valence-corrected chi connectivity index (χ4v) is 3.12. The van der Waals surface area contributed by atoms with Crippen LogP contribution < -0.4 is 10.5 Å². The summed E-state index contributed by atoms with van der Waals surface area (Å²) in [5.41, 5.74) is 11.0. The first-order valence-electron chi connectivity index (χ1n) is 7.15. The van der Waals surface area contributed by atoms with E-state index >= 15 is 0 Å². The number of aromatic amines is 1. The molecule has 0 spiro atoms. The molecule has 7 heteroatoms. The molecule has 2 aromatic rings. The predicted octanol–water partition coefficient (Wildman–Crippen LogP) is 1.77. The Kier molecular flexibility index (Phi) is 3.17. The van der Waals surface area contributed by atoms with E-state index in [1.165, 1.54) is 0 Å². The molecule has 1 aliphatic heterocycles. The van der Waals surface area contributed by atoms with Crippen molar-refractivity contribution in [3.63, 3.8) is 0 Å². The van der Waals surface area contributed by atoms with Gasteiger partial charge in [0, 0.05) is 29.1 Å². The monoisotopic (exact) mass is 298 g/mol. The highest BCUT2D eigenvalue weighted by Crippen LogP contribution is 2.44. The van der Waals surface area contributed by atoms with Gasteiger partial charge in [-0.25, -0.2) is 0 Å². The number of aromatic nitrogens is 4. The summed E-state index contributed by atoms with van der Waals surface area (Å²) in [5.74, 6) is 0.240. The number of nitrogens with one attached hydrogen (secondary N) is 1. The fourth-order valence-electron chi connectivity index (χ4n) is 3.12. The van der Waals surface area contributed by atoms with Gasteiger partial charge in [0.05, 0.1) is 11.6 Å². The van der Waals surface area contributed by atoms with E-state index in [1.807, 2.05) is 32.4 Å². The van der Waals surface area contributed by atoms with Gasteiger partial charge >= 0.3 is 0 Å². The second kappa shape index (κ2) is 4.91. The van der Waals surface area contributed by atoms with Crippen LogP contribution in [0.2, 0.25) is 0 Å². The van der Waals surface area contributed by atoms with Crippen molar-refractivity contribution in [2.45, 2.75) is 40.2 Å². The van der Waals surface area contributed by atoms with Crippen molar-refractivity contribution in [2.75, 3.05) is 0 Å². The lowest BCUT2D eigenvalue weighted by Gasteiger charge is -2.23. The number of rotatable bonds is 2. The first-order chi connectivity index (χ1) is 10.5. The molecule has 3 N–H and O–H groups in total. The van der Waals surface area contributed by atoms with Crippen LogP contribution in [0.15, 0.2) is 11.5 Å². The highest BCUT2D eigenvalue weighted by atomic mass is 16.5. The third kappa shape index (κ3) is 1.80. The van der Waals surface area contributed by atoms with E-state index in [9.17, 15) is 5.26 Å². The lowest BCUT2D eigenvalue weighted by molar-refractivity contribution is 0.378. The molecular formula is C15H18N6O. The third-order valence-electron chi connectivity index (χ3n) is 4.16. The van der Waals surface area contributed by atoms with Gasteiger partial charge in [-0.2, -0.15) is 10.4 Å². The number of hydrogen-bond donors (Lipinski definition) is 2. The molecule has 0 amide bonds. The van der Waals surface area contributed by atoms with Gasteiger partial charge in [-0.15, -0.1) is 5.10 Å². The normalized spacial score (nSPS) is 17.1. The molecule has 1 atom stereocenters. The predicted molar refractivity (Wildman–Crippen MR) is 80.0 cm³/mol. The molecule has 0 bridgehead atoms. The van der Waals surface area contributed by atoms with Gasteiger partial charge in [-0.3, -0.25) is 9.78 Å². The maximum absolute atomic E-state index is 9.57. The zero-order valence-corrected chi connectivity index (χ0v) is 13.1. The molecule has 2 aromatic heterocycles. The minimum Gasteiger partial charge on any atom is -0.420 e. The van der Waals surface area contributed by atoms with E-state index in [0.29, 0.717) is 11.5 Å². The van der Waals surface area contributed by atoms with E-state index in [2.05, 4.69) is 21.4 Å². The van der Waals surface area contributed by atoms with Crippen molar-refractivity contribution in [2.24, 2.45) is 5.73 Å². The second-order valence-electron chi connectivity index (χ2n) is 5.39. The van der Waals surface area contributed by atoms with Gasteiger partial charge in [-0.05, 0) is 27.7 Å². The number of aryl methyl sites for hydroxylation is 3. The van der Waals surface area contributed by atoms with Gasteiger partial charge in [0.25, 0.3) is 0 Å². The molecule has 0 fully saturated rings. The average Bonchev–Trinajstić information content (AvgIpc) is 2.98. The number of nitrogens with zero attached hydrogens (tertiary/aromatic N) is 4. The van der Waals surface area contributed by atoms with Crippen molar-refractivity contribution in [3.8, 4) is 11.9 Å². The van der Waals surface area contributed by atoms with Gasteiger partial charge < -0.3 is 10.5 Å². The molecule has 0 radical (unpaired) electrons. The molecule has 3 heterocycles. The summed E-state index contributed by atoms with van der Waals surface area (Å²) >= 11 is 0. The minimum atomic E-state index is -0.298. The van der Waals surface area contributed by atoms with Gasteiger partial charge in [0.1, 0.15) is 11.6 Å². The number of ether oxygens (including phenoxy) is 1. The third-order valence-corrected chi connectivity index (χ3v) is 4.16. The lowest BCUT2D eigenvalue weighted by Crippen LogP contribution is -2.21. The molecule has 0 saturated heterocycles. The highest BCUT2D eigenvalue weighted by Gasteiger charge is 2.37. The van der Waals surface area contributed by atoms with E-state index in [0.717, 1.165) is 34.8 Å². The Hall–Kier alpha value is -2.75. The summed E-state index contributed by atoms with van der Waals surface area (Å²) in [7, 11) is 0. The summed E-state index contributed by atoms with van der Waals surface area (Å²) in [6.45, 7) is 8.68. The number of fused-ring (bicyclic) bond motifs is 1. The number of hydrogen-bond acceptors (Lipinski definition) is 5. The van der Waals surface area contributed by atoms with E-state index in [4.69, 9.17) is 10.5 Å². The Morgan fingerprint density at radius 1 is 1.36 bits per heavy atom. The molecule has 0 aliphatic carbocycles. The Morgan fingerprint density at radius 3 is 2.68 bits per heavy atom. The van der Waals surface area contributed by atoms with Gasteiger partial charge in [0.2, 0.25) is 11.8 Å². The number of nitriles is 1. The molecular weight excluding hydrogens is 280 g/mol. The quantitative estimate of drug-likeness (QED) is 0.879. The van der Waals surface area contributed by atoms with Crippen LogP contribution in [0.5, 0.6) is 5.88 Å². The topological polar surface area (TPSA) is 106 Å². The van der Waals surface area contributed by atoms with Crippen LogP contribution in [0.1, 0.15) is 41.1 Å². The summed E-state index contributed by atoms with van der Waals surface area (Å²) in [6, 6.07) is 2.19. The maximum atomic E-state index is 9.57. The fraction of sp³-hybridized carbons (Fsp3) is 0.400. The molecule has 0 unspecified atom stereocenters. The van der Waals surface area contributed by atoms with Crippen LogP contribution >= 0.6 is 0 Å². The summed E-state index contributed by atoms with van der Waals surface area (Å²) in [5, 5.41) is 21.2. The lowest BCUT2D eigenvalue weighted by atomic mass is 9.83. The molecule has 7 nitrogen and oxygen atoms in total. The average molecular weight is 298 g/mol. The molecule has 22 heavy (non-hydrogen) atoms. The van der Waals surface area contributed by atoms with Crippen molar-refractivity contribution >= 4 is 0 Å². The largest absolute Gasteiger partial charge is 0.420 e. The molecule has 1 aliphatic rings. The molecule has 114 valence electrons. The zero-order chi connectivity index (χ0) is 16.0. The SMILES string of the molecule is CCn1nc(C)c([C@H]2C(C#N)=C(N)Oc3n[nH]c(C)c32)c1C. The maximum Gasteiger partial charge on any atom is 0.244 e. The summed E-state index contributed by atoms with van der Waals surface area (Å²) in [6.07, 6.45) is 0. The number of H-pyrrole nitrogens is 1. The van der Waals surface area contributed by atoms with Crippen LogP contribution in [0, 0.1) is 32.1 Å². The Balaban J connectivity index is 2.31. The van der Waals surface area contributed by atoms with E-state index in [1.54, 1.807) is 0 Å². The van der Waals surface area contributed by atoms with Crippen molar-refractivity contribution in [1.82, 2.24) is 20.0 Å². The van der Waals surface area contributed by atoms with Crippen LogP contribution in [-0.2, 0) is 6.54 Å². The van der Waals surface area contributed by atoms with Crippen molar-refractivity contribution in [3.05, 3.63) is 39.7 Å². The van der Waals surface area contributed by atoms with Gasteiger partial charge in [-0.1, -0.05) is 0 Å². The van der Waals surface area contributed by atoms with Crippen molar-refractivity contribution in [1.29, 1.82) is 5.26 Å². The zero-order valence-electron chi connectivity index (χ0n) is 13.1. The van der Waals surface area contributed by atoms with E-state index in [-0.39, 0.29) is 11.8 Å². The molecule has 0 aromatic carbocycles. The van der Waals surface area contributed by atoms with Crippen molar-refractivity contribution < 1.29 is 4.74 Å². The second-order valence-corrected chi connectivity index (χ2v) is 5.39. The first-order valence-corrected chi connectivity index (χ1v) is 7.15. The Bertz CT molecular complexity index is 820. The van der Waals surface area contributed by atoms with Gasteiger partial charge in [0.15, 0.2) is 0 Å². The Labute approximate surface area is 128 Å². The highest BCUT2D eigenvalue weighted by molar-refractivity contribution is 5.56. The summed E-state index contributed by atoms with van der Waals surface area (Å²) < 4.78 is 7.42. The van der Waals surface area contributed by atoms with Crippen LogP contribution in [-0.4, -0.2) is 20.0 Å². The van der Waals surface area contributed by atoms with Crippen LogP contribution in [0.25, 0.3) is 0 Å². The number of allylic oxidation sites excluding steroid dienone is 1. The molecule has 0 saturated carbocycles. The number of nitrogens with two attached hydrogens (primary N) is 1. The smallest absolute Gasteiger partial charge is 0.244 e. The van der Waals surface area contributed by atoms with Crippen LogP contribution in [0.4, 0.5) is 0 Å². The summed E-state index contributed by atoms with van der Waals surface area (Å²) in [4.78, 5) is 0.